The second-order valence-corrected chi connectivity index (χ2v) is 6.42. The number of urea groups is 1. The van der Waals surface area contributed by atoms with E-state index in [4.69, 9.17) is 0 Å². The van der Waals surface area contributed by atoms with Gasteiger partial charge in [0, 0.05) is 31.1 Å². The van der Waals surface area contributed by atoms with E-state index < -0.39 is 6.36 Å². The van der Waals surface area contributed by atoms with E-state index >= 15 is 0 Å². The Labute approximate surface area is 155 Å². The number of alkyl halides is 3. The van der Waals surface area contributed by atoms with E-state index in [1.165, 1.54) is 24.6 Å². The highest BCUT2D eigenvalue weighted by Gasteiger charge is 2.31. The zero-order chi connectivity index (χ0) is 19.7. The zero-order valence-electron chi connectivity index (χ0n) is 14.9. The zero-order valence-corrected chi connectivity index (χ0v) is 14.9. The molecule has 1 aliphatic carbocycles. The summed E-state index contributed by atoms with van der Waals surface area (Å²) in [6.45, 7) is 0.0461. The Bertz CT molecular complexity index is 632. The number of amides is 3. The van der Waals surface area contributed by atoms with E-state index in [9.17, 15) is 22.8 Å². The minimum absolute atomic E-state index is 0.0282. The number of halogens is 3. The van der Waals surface area contributed by atoms with Gasteiger partial charge in [0.2, 0.25) is 5.91 Å². The van der Waals surface area contributed by atoms with Crippen molar-refractivity contribution in [2.75, 3.05) is 6.54 Å². The molecular weight excluding hydrogens is 363 g/mol. The smallest absolute Gasteiger partial charge is 0.405 e. The molecule has 0 radical (unpaired) electrons. The number of ether oxygens (including phenoxy) is 1. The SMILES string of the molecule is O=C(CCNC(=O)NC1CCCCC1)NCc1ccccc1OC(F)(F)F. The molecule has 1 fully saturated rings. The molecule has 1 saturated carbocycles. The van der Waals surface area contributed by atoms with E-state index in [-0.39, 0.29) is 48.8 Å². The van der Waals surface area contributed by atoms with Crippen molar-refractivity contribution in [3.63, 3.8) is 0 Å². The maximum atomic E-state index is 12.4. The Morgan fingerprint density at radius 2 is 1.78 bits per heavy atom. The average molecular weight is 387 g/mol. The first-order chi connectivity index (χ1) is 12.8. The second kappa shape index (κ2) is 10.0. The molecule has 6 nitrogen and oxygen atoms in total. The minimum atomic E-state index is -4.80. The third-order valence-corrected chi connectivity index (χ3v) is 4.25. The summed E-state index contributed by atoms with van der Waals surface area (Å²) >= 11 is 0. The number of hydrogen-bond acceptors (Lipinski definition) is 3. The van der Waals surface area contributed by atoms with Gasteiger partial charge in [-0.2, -0.15) is 0 Å². The van der Waals surface area contributed by atoms with Gasteiger partial charge in [-0.25, -0.2) is 4.79 Å². The highest BCUT2D eigenvalue weighted by molar-refractivity contribution is 5.78. The summed E-state index contributed by atoms with van der Waals surface area (Å²) in [6.07, 6.45) is 0.563. The molecule has 0 atom stereocenters. The lowest BCUT2D eigenvalue weighted by molar-refractivity contribution is -0.274. The maximum absolute atomic E-state index is 12.4. The molecule has 2 rings (SSSR count). The Hall–Kier alpha value is -2.45. The monoisotopic (exact) mass is 387 g/mol. The van der Waals surface area contributed by atoms with Crippen molar-refractivity contribution in [1.29, 1.82) is 0 Å². The molecule has 0 saturated heterocycles. The van der Waals surface area contributed by atoms with Gasteiger partial charge < -0.3 is 20.7 Å². The van der Waals surface area contributed by atoms with Crippen molar-refractivity contribution >= 4 is 11.9 Å². The number of para-hydroxylation sites is 1. The minimum Gasteiger partial charge on any atom is -0.405 e. The Kier molecular flexibility index (Phi) is 7.75. The molecule has 3 amide bonds. The van der Waals surface area contributed by atoms with Gasteiger partial charge in [0.1, 0.15) is 5.75 Å². The molecule has 1 aromatic carbocycles. The third-order valence-electron chi connectivity index (χ3n) is 4.25. The summed E-state index contributed by atoms with van der Waals surface area (Å²) < 4.78 is 41.1. The molecular formula is C18H24F3N3O3. The van der Waals surface area contributed by atoms with Crippen molar-refractivity contribution < 1.29 is 27.5 Å². The van der Waals surface area contributed by atoms with Gasteiger partial charge in [0.05, 0.1) is 0 Å². The van der Waals surface area contributed by atoms with Crippen molar-refractivity contribution in [3.05, 3.63) is 29.8 Å². The van der Waals surface area contributed by atoms with Crippen LogP contribution >= 0.6 is 0 Å². The molecule has 0 aliphatic heterocycles. The number of carbonyl (C=O) groups is 2. The van der Waals surface area contributed by atoms with E-state index in [0.29, 0.717) is 0 Å². The van der Waals surface area contributed by atoms with E-state index in [0.717, 1.165) is 25.7 Å². The molecule has 27 heavy (non-hydrogen) atoms. The van der Waals surface area contributed by atoms with Crippen LogP contribution in [0.5, 0.6) is 5.75 Å². The Balaban J connectivity index is 1.68. The van der Waals surface area contributed by atoms with Gasteiger partial charge in [0.25, 0.3) is 0 Å². The van der Waals surface area contributed by atoms with Crippen LogP contribution in [0.15, 0.2) is 24.3 Å². The lowest BCUT2D eigenvalue weighted by Crippen LogP contribution is -2.43. The number of carbonyl (C=O) groups excluding carboxylic acids is 2. The van der Waals surface area contributed by atoms with E-state index in [2.05, 4.69) is 20.7 Å². The van der Waals surface area contributed by atoms with Crippen LogP contribution in [0, 0.1) is 0 Å². The Morgan fingerprint density at radius 3 is 2.48 bits per heavy atom. The quantitative estimate of drug-likeness (QED) is 0.672. The first-order valence-electron chi connectivity index (χ1n) is 8.98. The standard InChI is InChI=1S/C18H24F3N3O3/c19-18(20,21)27-15-9-5-4-6-13(15)12-23-16(25)10-11-22-17(26)24-14-7-2-1-3-8-14/h4-6,9,14H,1-3,7-8,10-12H2,(H,23,25)(H2,22,24,26). The fourth-order valence-electron chi connectivity index (χ4n) is 2.93. The predicted molar refractivity (Wildman–Crippen MR) is 93.0 cm³/mol. The van der Waals surface area contributed by atoms with Crippen LogP contribution in [0.25, 0.3) is 0 Å². The average Bonchev–Trinajstić information content (AvgIpc) is 2.60. The Morgan fingerprint density at radius 1 is 1.07 bits per heavy atom. The van der Waals surface area contributed by atoms with Crippen molar-refractivity contribution in [2.45, 2.75) is 57.5 Å². The van der Waals surface area contributed by atoms with Gasteiger partial charge >= 0.3 is 12.4 Å². The second-order valence-electron chi connectivity index (χ2n) is 6.42. The maximum Gasteiger partial charge on any atom is 0.573 e. The number of benzene rings is 1. The van der Waals surface area contributed by atoms with Gasteiger partial charge in [-0.15, -0.1) is 13.2 Å². The van der Waals surface area contributed by atoms with Crippen LogP contribution in [-0.2, 0) is 11.3 Å². The summed E-state index contributed by atoms with van der Waals surface area (Å²) in [5.74, 6) is -0.731. The molecule has 3 N–H and O–H groups in total. The summed E-state index contributed by atoms with van der Waals surface area (Å²) in [7, 11) is 0. The summed E-state index contributed by atoms with van der Waals surface area (Å²) in [5, 5.41) is 8.01. The summed E-state index contributed by atoms with van der Waals surface area (Å²) in [6, 6.07) is 5.48. The van der Waals surface area contributed by atoms with Crippen molar-refractivity contribution in [1.82, 2.24) is 16.0 Å². The highest BCUT2D eigenvalue weighted by Crippen LogP contribution is 2.26. The molecule has 1 aliphatic rings. The molecule has 0 unspecified atom stereocenters. The fraction of sp³-hybridized carbons (Fsp3) is 0.556. The van der Waals surface area contributed by atoms with Crippen LogP contribution in [0.2, 0.25) is 0 Å². The molecule has 150 valence electrons. The topological polar surface area (TPSA) is 79.5 Å². The number of rotatable bonds is 7. The van der Waals surface area contributed by atoms with Gasteiger partial charge in [0.15, 0.2) is 0 Å². The van der Waals surface area contributed by atoms with Crippen LogP contribution in [-0.4, -0.2) is 30.9 Å². The summed E-state index contributed by atoms with van der Waals surface area (Å²) in [5.41, 5.74) is 0.214. The lowest BCUT2D eigenvalue weighted by atomic mass is 9.96. The molecule has 0 aromatic heterocycles. The number of hydrogen-bond donors (Lipinski definition) is 3. The fourth-order valence-corrected chi connectivity index (χ4v) is 2.93. The molecule has 1 aromatic rings. The lowest BCUT2D eigenvalue weighted by Gasteiger charge is -2.22. The van der Waals surface area contributed by atoms with Crippen molar-refractivity contribution in [2.24, 2.45) is 0 Å². The molecule has 9 heteroatoms. The van der Waals surface area contributed by atoms with Crippen LogP contribution in [0.4, 0.5) is 18.0 Å². The first-order valence-corrected chi connectivity index (χ1v) is 8.98. The molecule has 0 heterocycles. The van der Waals surface area contributed by atoms with Crippen LogP contribution < -0.4 is 20.7 Å². The third kappa shape index (κ3) is 8.19. The van der Waals surface area contributed by atoms with Crippen molar-refractivity contribution in [3.8, 4) is 5.75 Å². The van der Waals surface area contributed by atoms with Gasteiger partial charge in [-0.05, 0) is 18.9 Å². The van der Waals surface area contributed by atoms with E-state index in [1.54, 1.807) is 6.07 Å². The molecule has 0 bridgehead atoms. The van der Waals surface area contributed by atoms with Crippen LogP contribution in [0.1, 0.15) is 44.1 Å². The largest absolute Gasteiger partial charge is 0.573 e. The van der Waals surface area contributed by atoms with Crippen LogP contribution in [0.3, 0.4) is 0 Å². The van der Waals surface area contributed by atoms with Gasteiger partial charge in [-0.3, -0.25) is 4.79 Å². The van der Waals surface area contributed by atoms with E-state index in [1.807, 2.05) is 0 Å². The highest BCUT2D eigenvalue weighted by atomic mass is 19.4. The molecule has 0 spiro atoms. The summed E-state index contributed by atoms with van der Waals surface area (Å²) in [4.78, 5) is 23.6. The van der Waals surface area contributed by atoms with Gasteiger partial charge in [-0.1, -0.05) is 37.5 Å². The first kappa shape index (κ1) is 20.9. The number of nitrogens with one attached hydrogen (secondary N) is 3. The normalized spacial score (nSPS) is 15.1. The predicted octanol–water partition coefficient (Wildman–Crippen LogP) is 3.22.